The number of aliphatic carboxylic acids is 1. The highest BCUT2D eigenvalue weighted by atomic mass is 35.5. The number of rotatable bonds is 5. The van der Waals surface area contributed by atoms with Crippen LogP contribution in [0.5, 0.6) is 0 Å². The van der Waals surface area contributed by atoms with E-state index in [2.05, 4.69) is 0 Å². The van der Waals surface area contributed by atoms with Crippen molar-refractivity contribution in [1.82, 2.24) is 0 Å². The van der Waals surface area contributed by atoms with E-state index >= 15 is 0 Å². The molecule has 11 heavy (non-hydrogen) atoms. The van der Waals surface area contributed by atoms with Crippen molar-refractivity contribution in [3.8, 4) is 0 Å². The van der Waals surface area contributed by atoms with Crippen molar-refractivity contribution in [3.63, 3.8) is 0 Å². The average Bonchev–Trinajstić information content (AvgIpc) is 1.87. The zero-order chi connectivity index (χ0) is 8.69. The topological polar surface area (TPSA) is 37.3 Å². The fraction of sp³-hybridized carbons (Fsp3) is 0.625. The van der Waals surface area contributed by atoms with Gasteiger partial charge in [0.05, 0.1) is 0 Å². The van der Waals surface area contributed by atoms with E-state index in [-0.39, 0.29) is 6.42 Å². The molecular weight excluding hydrogens is 164 g/mol. The van der Waals surface area contributed by atoms with Gasteiger partial charge in [-0.25, -0.2) is 0 Å². The van der Waals surface area contributed by atoms with E-state index in [4.69, 9.17) is 16.7 Å². The molecule has 0 bridgehead atoms. The van der Waals surface area contributed by atoms with Gasteiger partial charge in [-0.3, -0.25) is 4.79 Å². The molecule has 1 N–H and O–H groups in total. The van der Waals surface area contributed by atoms with Crippen LogP contribution in [-0.2, 0) is 4.79 Å². The van der Waals surface area contributed by atoms with E-state index in [1.54, 1.807) is 0 Å². The van der Waals surface area contributed by atoms with Crippen LogP contribution in [-0.4, -0.2) is 11.1 Å². The molecule has 0 heterocycles. The lowest BCUT2D eigenvalue weighted by molar-refractivity contribution is -0.137. The summed E-state index contributed by atoms with van der Waals surface area (Å²) < 4.78 is 0. The molecule has 0 aliphatic rings. The molecule has 0 aromatic rings. The first-order chi connectivity index (χ1) is 5.16. The fourth-order valence-electron chi connectivity index (χ4n) is 0.732. The zero-order valence-electron chi connectivity index (χ0n) is 6.64. The first kappa shape index (κ1) is 10.5. The second-order valence-electron chi connectivity index (χ2n) is 2.31. The summed E-state index contributed by atoms with van der Waals surface area (Å²) in [6, 6.07) is 0. The average molecular weight is 177 g/mol. The molecule has 3 heteroatoms. The van der Waals surface area contributed by atoms with Gasteiger partial charge in [0.1, 0.15) is 0 Å². The van der Waals surface area contributed by atoms with Gasteiger partial charge in [0.2, 0.25) is 0 Å². The summed E-state index contributed by atoms with van der Waals surface area (Å²) in [6.45, 7) is 2.00. The van der Waals surface area contributed by atoms with E-state index in [0.717, 1.165) is 11.5 Å². The molecule has 0 aliphatic carbocycles. The minimum Gasteiger partial charge on any atom is -0.481 e. The lowest BCUT2D eigenvalue weighted by atomic mass is 10.2. The molecule has 0 saturated carbocycles. The monoisotopic (exact) mass is 176 g/mol. The quantitative estimate of drug-likeness (QED) is 0.700. The summed E-state index contributed by atoms with van der Waals surface area (Å²) in [5.74, 6) is -0.758. The number of halogens is 1. The van der Waals surface area contributed by atoms with Gasteiger partial charge in [-0.05, 0) is 19.3 Å². The van der Waals surface area contributed by atoms with E-state index in [0.29, 0.717) is 12.8 Å². The summed E-state index contributed by atoms with van der Waals surface area (Å²) in [7, 11) is 0. The molecule has 0 radical (unpaired) electrons. The standard InChI is InChI=1S/C8H13ClO2/c1-2-4-7(9)5-3-6-8(10)11/h4H,2-3,5-6H2,1H3,(H,10,11)/b7-4-. The van der Waals surface area contributed by atoms with Crippen molar-refractivity contribution in [2.24, 2.45) is 0 Å². The largest absolute Gasteiger partial charge is 0.481 e. The molecule has 0 saturated heterocycles. The Kier molecular flexibility index (Phi) is 5.94. The van der Waals surface area contributed by atoms with Crippen LogP contribution in [0.2, 0.25) is 0 Å². The summed E-state index contributed by atoms with van der Waals surface area (Å²) in [6.07, 6.45) is 4.33. The van der Waals surface area contributed by atoms with Crippen LogP contribution >= 0.6 is 11.6 Å². The number of allylic oxidation sites excluding steroid dienone is 2. The van der Waals surface area contributed by atoms with E-state index in [1.807, 2.05) is 13.0 Å². The molecule has 64 valence electrons. The summed E-state index contributed by atoms with van der Waals surface area (Å²) in [4.78, 5) is 10.1. The number of hydrogen-bond acceptors (Lipinski definition) is 1. The highest BCUT2D eigenvalue weighted by molar-refractivity contribution is 6.29. The van der Waals surface area contributed by atoms with Crippen LogP contribution in [0.15, 0.2) is 11.1 Å². The molecule has 0 aromatic carbocycles. The second kappa shape index (κ2) is 6.23. The third-order valence-electron chi connectivity index (χ3n) is 1.23. The van der Waals surface area contributed by atoms with Gasteiger partial charge in [-0.15, -0.1) is 0 Å². The van der Waals surface area contributed by atoms with Gasteiger partial charge in [-0.1, -0.05) is 24.6 Å². The highest BCUT2D eigenvalue weighted by Crippen LogP contribution is 2.12. The summed E-state index contributed by atoms with van der Waals surface area (Å²) >= 11 is 5.73. The Morgan fingerprint density at radius 2 is 2.18 bits per heavy atom. The van der Waals surface area contributed by atoms with E-state index < -0.39 is 5.97 Å². The van der Waals surface area contributed by atoms with Crippen molar-refractivity contribution in [3.05, 3.63) is 11.1 Å². The third-order valence-corrected chi connectivity index (χ3v) is 1.58. The van der Waals surface area contributed by atoms with Gasteiger partial charge in [0, 0.05) is 11.5 Å². The first-order valence-corrected chi connectivity index (χ1v) is 4.11. The maximum atomic E-state index is 10.1. The molecule has 0 aromatic heterocycles. The van der Waals surface area contributed by atoms with Gasteiger partial charge >= 0.3 is 5.97 Å². The van der Waals surface area contributed by atoms with E-state index in [1.165, 1.54) is 0 Å². The normalized spacial score (nSPS) is 11.6. The van der Waals surface area contributed by atoms with Gasteiger partial charge in [0.15, 0.2) is 0 Å². The highest BCUT2D eigenvalue weighted by Gasteiger charge is 1.97. The minimum atomic E-state index is -0.758. The third kappa shape index (κ3) is 7.40. The molecule has 0 aliphatic heterocycles. The van der Waals surface area contributed by atoms with Crippen LogP contribution in [0.3, 0.4) is 0 Å². The molecule has 0 spiro atoms. The Labute approximate surface area is 71.9 Å². The Balaban J connectivity index is 3.38. The maximum Gasteiger partial charge on any atom is 0.303 e. The van der Waals surface area contributed by atoms with Gasteiger partial charge < -0.3 is 5.11 Å². The molecule has 0 rings (SSSR count). The maximum absolute atomic E-state index is 10.1. The van der Waals surface area contributed by atoms with Crippen LogP contribution < -0.4 is 0 Å². The SMILES string of the molecule is CC/C=C(\Cl)CCCC(=O)O. The smallest absolute Gasteiger partial charge is 0.303 e. The summed E-state index contributed by atoms with van der Waals surface area (Å²) in [5.41, 5.74) is 0. The summed E-state index contributed by atoms with van der Waals surface area (Å²) in [5, 5.41) is 9.07. The molecule has 0 amide bonds. The molecule has 0 fully saturated rings. The molecule has 0 unspecified atom stereocenters. The van der Waals surface area contributed by atoms with Crippen LogP contribution in [0, 0.1) is 0 Å². The number of carbonyl (C=O) groups is 1. The van der Waals surface area contributed by atoms with E-state index in [9.17, 15) is 4.79 Å². The number of hydrogen-bond donors (Lipinski definition) is 1. The predicted octanol–water partition coefficient (Wildman–Crippen LogP) is 2.77. The van der Waals surface area contributed by atoms with Crippen molar-refractivity contribution >= 4 is 17.6 Å². The van der Waals surface area contributed by atoms with Gasteiger partial charge in [-0.2, -0.15) is 0 Å². The molecule has 2 nitrogen and oxygen atoms in total. The lowest BCUT2D eigenvalue weighted by Gasteiger charge is -1.95. The molecule has 0 atom stereocenters. The number of carboxylic acids is 1. The first-order valence-electron chi connectivity index (χ1n) is 3.73. The lowest BCUT2D eigenvalue weighted by Crippen LogP contribution is -1.93. The van der Waals surface area contributed by atoms with Crippen molar-refractivity contribution < 1.29 is 9.90 Å². The Bertz CT molecular complexity index is 152. The second-order valence-corrected chi connectivity index (χ2v) is 2.79. The minimum absolute atomic E-state index is 0.202. The Morgan fingerprint density at radius 3 is 2.64 bits per heavy atom. The fourth-order valence-corrected chi connectivity index (χ4v) is 1.02. The van der Waals surface area contributed by atoms with Crippen LogP contribution in [0.25, 0.3) is 0 Å². The van der Waals surface area contributed by atoms with Crippen molar-refractivity contribution in [1.29, 1.82) is 0 Å². The Hall–Kier alpha value is -0.500. The predicted molar refractivity (Wildman–Crippen MR) is 45.7 cm³/mol. The zero-order valence-corrected chi connectivity index (χ0v) is 7.40. The Morgan fingerprint density at radius 1 is 1.55 bits per heavy atom. The molecular formula is C8H13ClO2. The van der Waals surface area contributed by atoms with Gasteiger partial charge in [0.25, 0.3) is 0 Å². The van der Waals surface area contributed by atoms with Crippen molar-refractivity contribution in [2.75, 3.05) is 0 Å². The van der Waals surface area contributed by atoms with Crippen LogP contribution in [0.4, 0.5) is 0 Å². The van der Waals surface area contributed by atoms with Crippen molar-refractivity contribution in [2.45, 2.75) is 32.6 Å². The van der Waals surface area contributed by atoms with Crippen LogP contribution in [0.1, 0.15) is 32.6 Å². The number of carboxylic acid groups (broad SMARTS) is 1.